The zero-order chi connectivity index (χ0) is 19.1. The fourth-order valence-corrected chi connectivity index (χ4v) is 3.86. The van der Waals surface area contributed by atoms with Gasteiger partial charge < -0.3 is 10.4 Å². The van der Waals surface area contributed by atoms with Crippen molar-refractivity contribution in [3.8, 4) is 0 Å². The van der Waals surface area contributed by atoms with Crippen LogP contribution in [0.4, 0.5) is 0 Å². The second-order valence-electron chi connectivity index (χ2n) is 7.47. The van der Waals surface area contributed by atoms with E-state index < -0.39 is 5.97 Å². The molecule has 2 aromatic rings. The molecule has 0 spiro atoms. The quantitative estimate of drug-likeness (QED) is 0.783. The highest BCUT2D eigenvalue weighted by Crippen LogP contribution is 2.25. The number of carbonyl (C=O) groups is 2. The molecule has 1 aliphatic rings. The van der Waals surface area contributed by atoms with E-state index in [9.17, 15) is 9.59 Å². The number of carbonyl (C=O) groups excluding carboxylic acids is 1. The first-order valence-electron chi connectivity index (χ1n) is 9.73. The van der Waals surface area contributed by atoms with Crippen molar-refractivity contribution >= 4 is 11.9 Å². The zero-order valence-electron chi connectivity index (χ0n) is 15.5. The van der Waals surface area contributed by atoms with E-state index in [4.69, 9.17) is 5.11 Å². The van der Waals surface area contributed by atoms with Crippen molar-refractivity contribution in [2.45, 2.75) is 44.6 Å². The van der Waals surface area contributed by atoms with Crippen LogP contribution in [-0.2, 0) is 22.4 Å². The molecule has 3 rings (SSSR count). The van der Waals surface area contributed by atoms with E-state index >= 15 is 0 Å². The normalized spacial score (nSPS) is 19.6. The van der Waals surface area contributed by atoms with Crippen molar-refractivity contribution in [1.29, 1.82) is 0 Å². The molecule has 2 aromatic carbocycles. The Morgan fingerprint density at radius 3 is 1.78 bits per heavy atom. The lowest BCUT2D eigenvalue weighted by molar-refractivity contribution is -0.142. The van der Waals surface area contributed by atoms with E-state index in [2.05, 4.69) is 29.6 Å². The Bertz CT molecular complexity index is 695. The van der Waals surface area contributed by atoms with E-state index in [0.717, 1.165) is 24.0 Å². The standard InChI is InChI=1S/C23H27NO3/c25-22(24-21-13-11-19(12-14-21)23(26)27)20(15-17-7-3-1-4-8-17)16-18-9-5-2-6-10-18/h1-10,19-21H,11-16H2,(H,24,25)(H,26,27). The van der Waals surface area contributed by atoms with Crippen LogP contribution in [0, 0.1) is 11.8 Å². The molecule has 0 heterocycles. The van der Waals surface area contributed by atoms with Gasteiger partial charge in [0.1, 0.15) is 0 Å². The molecule has 1 aliphatic carbocycles. The molecule has 1 fully saturated rings. The molecule has 27 heavy (non-hydrogen) atoms. The number of nitrogens with one attached hydrogen (secondary N) is 1. The number of carboxylic acids is 1. The van der Waals surface area contributed by atoms with Gasteiger partial charge in [0.2, 0.25) is 5.91 Å². The van der Waals surface area contributed by atoms with Gasteiger partial charge in [-0.3, -0.25) is 9.59 Å². The Kier molecular flexibility index (Phi) is 6.64. The van der Waals surface area contributed by atoms with Gasteiger partial charge in [0.25, 0.3) is 0 Å². The molecule has 0 atom stereocenters. The van der Waals surface area contributed by atoms with Crippen molar-refractivity contribution in [3.63, 3.8) is 0 Å². The highest BCUT2D eigenvalue weighted by molar-refractivity contribution is 5.79. The third-order valence-electron chi connectivity index (χ3n) is 5.44. The summed E-state index contributed by atoms with van der Waals surface area (Å²) < 4.78 is 0. The highest BCUT2D eigenvalue weighted by Gasteiger charge is 2.28. The second-order valence-corrected chi connectivity index (χ2v) is 7.47. The molecule has 1 amide bonds. The summed E-state index contributed by atoms with van der Waals surface area (Å²) in [4.78, 5) is 24.1. The van der Waals surface area contributed by atoms with Crippen LogP contribution in [-0.4, -0.2) is 23.0 Å². The Labute approximate surface area is 160 Å². The van der Waals surface area contributed by atoms with Gasteiger partial charge in [0.05, 0.1) is 5.92 Å². The average molecular weight is 365 g/mol. The van der Waals surface area contributed by atoms with E-state index in [1.54, 1.807) is 0 Å². The molecule has 2 N–H and O–H groups in total. The van der Waals surface area contributed by atoms with Gasteiger partial charge in [-0.15, -0.1) is 0 Å². The Balaban J connectivity index is 1.64. The largest absolute Gasteiger partial charge is 0.481 e. The van der Waals surface area contributed by atoms with Gasteiger partial charge in [-0.05, 0) is 49.7 Å². The molecule has 0 unspecified atom stereocenters. The van der Waals surface area contributed by atoms with Crippen LogP contribution < -0.4 is 5.32 Å². The molecule has 0 saturated heterocycles. The summed E-state index contributed by atoms with van der Waals surface area (Å²) in [6, 6.07) is 20.3. The third-order valence-corrected chi connectivity index (χ3v) is 5.44. The first-order chi connectivity index (χ1) is 13.1. The minimum Gasteiger partial charge on any atom is -0.481 e. The van der Waals surface area contributed by atoms with Crippen LogP contribution in [0.3, 0.4) is 0 Å². The average Bonchev–Trinajstić information content (AvgIpc) is 2.69. The molecule has 0 radical (unpaired) electrons. The lowest BCUT2D eigenvalue weighted by Crippen LogP contribution is -2.42. The van der Waals surface area contributed by atoms with Gasteiger partial charge in [-0.25, -0.2) is 0 Å². The lowest BCUT2D eigenvalue weighted by Gasteiger charge is -2.28. The molecule has 0 bridgehead atoms. The van der Waals surface area contributed by atoms with Crippen LogP contribution in [0.5, 0.6) is 0 Å². The first-order valence-corrected chi connectivity index (χ1v) is 9.73. The van der Waals surface area contributed by atoms with Gasteiger partial charge in [-0.1, -0.05) is 60.7 Å². The fourth-order valence-electron chi connectivity index (χ4n) is 3.86. The van der Waals surface area contributed by atoms with E-state index in [-0.39, 0.29) is 23.8 Å². The minimum absolute atomic E-state index is 0.0708. The second kappa shape index (κ2) is 9.36. The number of hydrogen-bond donors (Lipinski definition) is 2. The van der Waals surface area contributed by atoms with E-state index in [1.807, 2.05) is 36.4 Å². The summed E-state index contributed by atoms with van der Waals surface area (Å²) in [5.41, 5.74) is 2.31. The van der Waals surface area contributed by atoms with Crippen LogP contribution in [0.15, 0.2) is 60.7 Å². The SMILES string of the molecule is O=C(O)C1CCC(NC(=O)C(Cc2ccccc2)Cc2ccccc2)CC1. The maximum Gasteiger partial charge on any atom is 0.306 e. The molecule has 0 aliphatic heterocycles. The number of carboxylic acid groups (broad SMARTS) is 1. The third kappa shape index (κ3) is 5.68. The Morgan fingerprint density at radius 1 is 0.852 bits per heavy atom. The van der Waals surface area contributed by atoms with Crippen molar-refractivity contribution in [2.24, 2.45) is 11.8 Å². The zero-order valence-corrected chi connectivity index (χ0v) is 15.5. The summed E-state index contributed by atoms with van der Waals surface area (Å²) in [7, 11) is 0. The van der Waals surface area contributed by atoms with Crippen LogP contribution in [0.1, 0.15) is 36.8 Å². The lowest BCUT2D eigenvalue weighted by atomic mass is 9.85. The van der Waals surface area contributed by atoms with Crippen LogP contribution in [0.25, 0.3) is 0 Å². The predicted molar refractivity (Wildman–Crippen MR) is 105 cm³/mol. The van der Waals surface area contributed by atoms with E-state index in [0.29, 0.717) is 25.7 Å². The smallest absolute Gasteiger partial charge is 0.306 e. The summed E-state index contributed by atoms with van der Waals surface area (Å²) in [5.74, 6) is -1.04. The number of hydrogen-bond acceptors (Lipinski definition) is 2. The monoisotopic (exact) mass is 365 g/mol. The number of benzene rings is 2. The van der Waals surface area contributed by atoms with Crippen molar-refractivity contribution in [3.05, 3.63) is 71.8 Å². The first kappa shape index (κ1) is 19.2. The van der Waals surface area contributed by atoms with Crippen molar-refractivity contribution in [2.75, 3.05) is 0 Å². The molecule has 0 aromatic heterocycles. The van der Waals surface area contributed by atoms with E-state index in [1.165, 1.54) is 0 Å². The molecular weight excluding hydrogens is 338 g/mol. The van der Waals surface area contributed by atoms with Gasteiger partial charge >= 0.3 is 5.97 Å². The molecule has 4 nitrogen and oxygen atoms in total. The van der Waals surface area contributed by atoms with Crippen LogP contribution >= 0.6 is 0 Å². The number of rotatable bonds is 7. The van der Waals surface area contributed by atoms with Gasteiger partial charge in [0.15, 0.2) is 0 Å². The van der Waals surface area contributed by atoms with Gasteiger partial charge in [0, 0.05) is 12.0 Å². The van der Waals surface area contributed by atoms with Crippen LogP contribution in [0.2, 0.25) is 0 Å². The van der Waals surface area contributed by atoms with Crippen molar-refractivity contribution < 1.29 is 14.7 Å². The molecule has 1 saturated carbocycles. The summed E-state index contributed by atoms with van der Waals surface area (Å²) in [6.07, 6.45) is 4.17. The highest BCUT2D eigenvalue weighted by atomic mass is 16.4. The maximum absolute atomic E-state index is 13.0. The summed E-state index contributed by atoms with van der Waals surface area (Å²) in [5, 5.41) is 12.3. The Hall–Kier alpha value is -2.62. The predicted octanol–water partition coefficient (Wildman–Crippen LogP) is 3.85. The topological polar surface area (TPSA) is 66.4 Å². The molecular formula is C23H27NO3. The Morgan fingerprint density at radius 2 is 1.33 bits per heavy atom. The minimum atomic E-state index is -0.717. The molecule has 142 valence electrons. The maximum atomic E-state index is 13.0. The molecule has 4 heteroatoms. The number of aliphatic carboxylic acids is 1. The van der Waals surface area contributed by atoms with Crippen molar-refractivity contribution in [1.82, 2.24) is 5.32 Å². The summed E-state index contributed by atoms with van der Waals surface area (Å²) >= 11 is 0. The number of amides is 1. The van der Waals surface area contributed by atoms with Gasteiger partial charge in [-0.2, -0.15) is 0 Å². The summed E-state index contributed by atoms with van der Waals surface area (Å²) in [6.45, 7) is 0. The fraction of sp³-hybridized carbons (Fsp3) is 0.391.